The van der Waals surface area contributed by atoms with Gasteiger partial charge in [0.15, 0.2) is 5.78 Å². The molecule has 0 atom stereocenters. The van der Waals surface area contributed by atoms with Gasteiger partial charge in [0.1, 0.15) is 0 Å². The zero-order valence-corrected chi connectivity index (χ0v) is 9.59. The lowest BCUT2D eigenvalue weighted by molar-refractivity contribution is 0.101. The first-order valence-corrected chi connectivity index (χ1v) is 5.09. The molecule has 0 aliphatic rings. The number of carbonyl (C=O) groups excluding carboxylic acids is 1. The van der Waals surface area contributed by atoms with Crippen LogP contribution in [0.1, 0.15) is 28.5 Å². The van der Waals surface area contributed by atoms with E-state index in [1.54, 1.807) is 6.92 Å². The van der Waals surface area contributed by atoms with Crippen LogP contribution in [-0.4, -0.2) is 10.4 Å². The zero-order valence-electron chi connectivity index (χ0n) is 9.59. The van der Waals surface area contributed by atoms with Crippen molar-refractivity contribution < 1.29 is 4.79 Å². The van der Waals surface area contributed by atoms with Crippen molar-refractivity contribution in [3.63, 3.8) is 0 Å². The predicted molar refractivity (Wildman–Crippen MR) is 62.4 cm³/mol. The van der Waals surface area contributed by atoms with E-state index in [0.29, 0.717) is 0 Å². The van der Waals surface area contributed by atoms with Crippen LogP contribution in [-0.2, 0) is 7.05 Å². The molecule has 1 aromatic heterocycles. The summed E-state index contributed by atoms with van der Waals surface area (Å²) in [5.74, 6) is 0.142. The molecular formula is C13H15NO. The van der Waals surface area contributed by atoms with Crippen LogP contribution < -0.4 is 0 Å². The van der Waals surface area contributed by atoms with E-state index < -0.39 is 0 Å². The fourth-order valence-electron chi connectivity index (χ4n) is 2.28. The van der Waals surface area contributed by atoms with E-state index in [1.165, 1.54) is 11.1 Å². The summed E-state index contributed by atoms with van der Waals surface area (Å²) in [6, 6.07) is 6.10. The number of ketones is 1. The summed E-state index contributed by atoms with van der Waals surface area (Å²) in [6.07, 6.45) is 0. The maximum absolute atomic E-state index is 11.6. The fraction of sp³-hybridized carbons (Fsp3) is 0.308. The minimum absolute atomic E-state index is 0.142. The molecule has 2 rings (SSSR count). The monoisotopic (exact) mass is 201 g/mol. The quantitative estimate of drug-likeness (QED) is 0.650. The highest BCUT2D eigenvalue weighted by atomic mass is 16.1. The maximum Gasteiger partial charge on any atom is 0.162 e. The summed E-state index contributed by atoms with van der Waals surface area (Å²) in [5.41, 5.74) is 4.29. The molecule has 0 spiro atoms. The van der Waals surface area contributed by atoms with E-state index in [9.17, 15) is 4.79 Å². The highest BCUT2D eigenvalue weighted by molar-refractivity contribution is 6.09. The molecule has 0 aliphatic carbocycles. The molecule has 0 radical (unpaired) electrons. The molecule has 0 unspecified atom stereocenters. The van der Waals surface area contributed by atoms with E-state index in [1.807, 2.05) is 26.1 Å². The number of para-hydroxylation sites is 1. The molecule has 78 valence electrons. The van der Waals surface area contributed by atoms with Crippen LogP contribution in [0, 0.1) is 13.8 Å². The number of hydrogen-bond acceptors (Lipinski definition) is 1. The molecule has 2 aromatic rings. The zero-order chi connectivity index (χ0) is 11.2. The Morgan fingerprint density at radius 3 is 2.53 bits per heavy atom. The predicted octanol–water partition coefficient (Wildman–Crippen LogP) is 3.00. The van der Waals surface area contributed by atoms with Gasteiger partial charge in [-0.1, -0.05) is 18.2 Å². The number of carbonyl (C=O) groups is 1. The van der Waals surface area contributed by atoms with Crippen LogP contribution in [0.5, 0.6) is 0 Å². The standard InChI is InChI=1S/C13H15NO/c1-8-6-5-7-11-12(10(3)15)9(2)14(4)13(8)11/h5-7H,1-4H3. The molecule has 2 heteroatoms. The van der Waals surface area contributed by atoms with Gasteiger partial charge in [0.2, 0.25) is 0 Å². The van der Waals surface area contributed by atoms with Gasteiger partial charge >= 0.3 is 0 Å². The Bertz CT molecular complexity index is 549. The van der Waals surface area contributed by atoms with Crippen molar-refractivity contribution in [3.05, 3.63) is 35.0 Å². The van der Waals surface area contributed by atoms with Crippen LogP contribution in [0.25, 0.3) is 10.9 Å². The Morgan fingerprint density at radius 2 is 1.93 bits per heavy atom. The van der Waals surface area contributed by atoms with Crippen LogP contribution in [0.15, 0.2) is 18.2 Å². The summed E-state index contributed by atoms with van der Waals surface area (Å²) in [5, 5.41) is 1.07. The Morgan fingerprint density at radius 1 is 1.27 bits per heavy atom. The van der Waals surface area contributed by atoms with Gasteiger partial charge in [0.25, 0.3) is 0 Å². The number of nitrogens with zero attached hydrogens (tertiary/aromatic N) is 1. The van der Waals surface area contributed by atoms with Crippen molar-refractivity contribution in [2.24, 2.45) is 7.05 Å². The van der Waals surface area contributed by atoms with Crippen molar-refractivity contribution in [1.82, 2.24) is 4.57 Å². The average molecular weight is 201 g/mol. The minimum atomic E-state index is 0.142. The van der Waals surface area contributed by atoms with Crippen LogP contribution >= 0.6 is 0 Å². The van der Waals surface area contributed by atoms with E-state index in [-0.39, 0.29) is 5.78 Å². The fourth-order valence-corrected chi connectivity index (χ4v) is 2.28. The molecule has 1 aromatic carbocycles. The average Bonchev–Trinajstić information content (AvgIpc) is 2.41. The second-order valence-electron chi connectivity index (χ2n) is 4.05. The molecule has 0 aliphatic heterocycles. The normalized spacial score (nSPS) is 10.9. The Balaban J connectivity index is 3.00. The molecule has 0 fully saturated rings. The highest BCUT2D eigenvalue weighted by Gasteiger charge is 2.15. The van der Waals surface area contributed by atoms with Gasteiger partial charge in [-0.15, -0.1) is 0 Å². The second kappa shape index (κ2) is 3.23. The maximum atomic E-state index is 11.6. The second-order valence-corrected chi connectivity index (χ2v) is 4.05. The number of fused-ring (bicyclic) bond motifs is 1. The van der Waals surface area contributed by atoms with Gasteiger partial charge in [0.05, 0.1) is 5.52 Å². The molecule has 1 heterocycles. The Hall–Kier alpha value is -1.57. The van der Waals surface area contributed by atoms with Crippen LogP contribution in [0.4, 0.5) is 0 Å². The molecule has 2 nitrogen and oxygen atoms in total. The molecule has 0 saturated carbocycles. The lowest BCUT2D eigenvalue weighted by Crippen LogP contribution is -1.96. The van der Waals surface area contributed by atoms with Crippen molar-refractivity contribution in [2.75, 3.05) is 0 Å². The first-order valence-electron chi connectivity index (χ1n) is 5.09. The van der Waals surface area contributed by atoms with Crippen molar-refractivity contribution in [3.8, 4) is 0 Å². The molecule has 0 saturated heterocycles. The summed E-state index contributed by atoms with van der Waals surface area (Å²) in [6.45, 7) is 5.70. The SMILES string of the molecule is CC(=O)c1c(C)n(C)c2c(C)cccc12. The molecule has 0 amide bonds. The smallest absolute Gasteiger partial charge is 0.162 e. The topological polar surface area (TPSA) is 22.0 Å². The van der Waals surface area contributed by atoms with E-state index in [2.05, 4.69) is 17.6 Å². The minimum Gasteiger partial charge on any atom is -0.347 e. The van der Waals surface area contributed by atoms with Gasteiger partial charge < -0.3 is 4.57 Å². The number of rotatable bonds is 1. The van der Waals surface area contributed by atoms with E-state index >= 15 is 0 Å². The third-order valence-corrected chi connectivity index (χ3v) is 3.06. The lowest BCUT2D eigenvalue weighted by Gasteiger charge is -2.01. The lowest BCUT2D eigenvalue weighted by atomic mass is 10.1. The third-order valence-electron chi connectivity index (χ3n) is 3.06. The highest BCUT2D eigenvalue weighted by Crippen LogP contribution is 2.27. The number of hydrogen-bond donors (Lipinski definition) is 0. The van der Waals surface area contributed by atoms with Gasteiger partial charge in [-0.3, -0.25) is 4.79 Å². The van der Waals surface area contributed by atoms with Gasteiger partial charge in [-0.05, 0) is 26.3 Å². The van der Waals surface area contributed by atoms with Crippen molar-refractivity contribution >= 4 is 16.7 Å². The summed E-state index contributed by atoms with van der Waals surface area (Å²) in [7, 11) is 2.01. The largest absolute Gasteiger partial charge is 0.347 e. The summed E-state index contributed by atoms with van der Waals surface area (Å²) >= 11 is 0. The first-order chi connectivity index (χ1) is 7.04. The van der Waals surface area contributed by atoms with Gasteiger partial charge in [0, 0.05) is 23.7 Å². The number of aryl methyl sites for hydroxylation is 2. The van der Waals surface area contributed by atoms with E-state index in [4.69, 9.17) is 0 Å². The molecule has 0 bridgehead atoms. The summed E-state index contributed by atoms with van der Waals surface area (Å²) in [4.78, 5) is 11.6. The van der Waals surface area contributed by atoms with Gasteiger partial charge in [-0.2, -0.15) is 0 Å². The molecule has 0 N–H and O–H groups in total. The van der Waals surface area contributed by atoms with Crippen molar-refractivity contribution in [1.29, 1.82) is 0 Å². The molecular weight excluding hydrogens is 186 g/mol. The summed E-state index contributed by atoms with van der Waals surface area (Å²) < 4.78 is 2.10. The Labute approximate surface area is 89.5 Å². The van der Waals surface area contributed by atoms with Crippen LogP contribution in [0.2, 0.25) is 0 Å². The number of aromatic nitrogens is 1. The van der Waals surface area contributed by atoms with E-state index in [0.717, 1.165) is 16.6 Å². The Kier molecular flexibility index (Phi) is 2.14. The number of Topliss-reactive ketones (excluding diaryl/α,β-unsaturated/α-hetero) is 1. The molecule has 15 heavy (non-hydrogen) atoms. The van der Waals surface area contributed by atoms with Gasteiger partial charge in [-0.25, -0.2) is 0 Å². The number of benzene rings is 1. The third kappa shape index (κ3) is 1.29. The van der Waals surface area contributed by atoms with Crippen LogP contribution in [0.3, 0.4) is 0 Å². The first kappa shape index (κ1) is 9.97. The van der Waals surface area contributed by atoms with Crippen molar-refractivity contribution in [2.45, 2.75) is 20.8 Å².